The standard InChI is InChI=1S/C18H15F2N3O2S/c1-9-5-10(2)16-14(6-9)26-18(23-16)22-15(24)8-21-17(25)12-4-3-11(19)7-13(12)20/h3-7H,8H2,1-2H3,(H,21,25)(H,22,23,24). The lowest BCUT2D eigenvalue weighted by atomic mass is 10.1. The van der Waals surface area contributed by atoms with Gasteiger partial charge in [0.05, 0.1) is 22.3 Å². The number of nitrogens with zero attached hydrogens (tertiary/aromatic N) is 1. The van der Waals surface area contributed by atoms with Gasteiger partial charge in [-0.3, -0.25) is 9.59 Å². The number of aromatic nitrogens is 1. The number of fused-ring (bicyclic) bond motifs is 1. The van der Waals surface area contributed by atoms with Gasteiger partial charge in [-0.25, -0.2) is 13.8 Å². The van der Waals surface area contributed by atoms with E-state index < -0.39 is 23.4 Å². The second-order valence-electron chi connectivity index (χ2n) is 5.80. The highest BCUT2D eigenvalue weighted by Crippen LogP contribution is 2.29. The zero-order chi connectivity index (χ0) is 18.8. The number of benzene rings is 2. The van der Waals surface area contributed by atoms with Crippen LogP contribution in [0, 0.1) is 25.5 Å². The molecule has 0 unspecified atom stereocenters. The quantitative estimate of drug-likeness (QED) is 0.732. The smallest absolute Gasteiger partial charge is 0.254 e. The topological polar surface area (TPSA) is 71.1 Å². The van der Waals surface area contributed by atoms with Crippen LogP contribution in [-0.2, 0) is 4.79 Å². The van der Waals surface area contributed by atoms with Crippen LogP contribution in [0.1, 0.15) is 21.5 Å². The average molecular weight is 375 g/mol. The number of hydrogen-bond acceptors (Lipinski definition) is 4. The predicted molar refractivity (Wildman–Crippen MR) is 96.4 cm³/mol. The zero-order valence-electron chi connectivity index (χ0n) is 14.0. The van der Waals surface area contributed by atoms with Crippen LogP contribution in [0.25, 0.3) is 10.2 Å². The molecule has 134 valence electrons. The monoisotopic (exact) mass is 375 g/mol. The third-order valence-corrected chi connectivity index (χ3v) is 4.58. The number of amides is 2. The maximum atomic E-state index is 13.6. The third kappa shape index (κ3) is 3.85. The Morgan fingerprint density at radius 1 is 1.15 bits per heavy atom. The minimum Gasteiger partial charge on any atom is -0.343 e. The Balaban J connectivity index is 1.64. The van der Waals surface area contributed by atoms with Crippen molar-refractivity contribution in [3.63, 3.8) is 0 Å². The highest BCUT2D eigenvalue weighted by atomic mass is 32.1. The molecule has 0 radical (unpaired) electrons. The fourth-order valence-corrected chi connectivity index (χ4v) is 3.58. The molecule has 1 heterocycles. The van der Waals surface area contributed by atoms with Gasteiger partial charge in [0.1, 0.15) is 11.6 Å². The van der Waals surface area contributed by atoms with Gasteiger partial charge in [0.15, 0.2) is 5.13 Å². The minimum absolute atomic E-state index is 0.328. The summed E-state index contributed by atoms with van der Waals surface area (Å²) in [5.74, 6) is -3.05. The van der Waals surface area contributed by atoms with E-state index in [0.29, 0.717) is 11.2 Å². The summed E-state index contributed by atoms with van der Waals surface area (Å²) < 4.78 is 27.4. The SMILES string of the molecule is Cc1cc(C)c2nc(NC(=O)CNC(=O)c3ccc(F)cc3F)sc2c1. The first-order chi connectivity index (χ1) is 12.3. The van der Waals surface area contributed by atoms with Crippen LogP contribution in [0.15, 0.2) is 30.3 Å². The molecule has 3 aromatic rings. The second kappa shape index (κ2) is 7.17. The molecule has 0 spiro atoms. The van der Waals surface area contributed by atoms with Crippen molar-refractivity contribution in [2.45, 2.75) is 13.8 Å². The van der Waals surface area contributed by atoms with Gasteiger partial charge in [-0.2, -0.15) is 0 Å². The van der Waals surface area contributed by atoms with E-state index in [1.807, 2.05) is 26.0 Å². The Kier molecular flexibility index (Phi) is 4.94. The number of carbonyl (C=O) groups is 2. The normalized spacial score (nSPS) is 10.8. The summed E-state index contributed by atoms with van der Waals surface area (Å²) in [5.41, 5.74) is 2.60. The molecular weight excluding hydrogens is 360 g/mol. The van der Waals surface area contributed by atoms with Gasteiger partial charge in [0.25, 0.3) is 5.91 Å². The van der Waals surface area contributed by atoms with Crippen LogP contribution in [0.5, 0.6) is 0 Å². The van der Waals surface area contributed by atoms with Crippen molar-refractivity contribution in [1.29, 1.82) is 0 Å². The molecule has 0 bridgehead atoms. The Morgan fingerprint density at radius 2 is 1.92 bits per heavy atom. The van der Waals surface area contributed by atoms with Crippen LogP contribution in [0.3, 0.4) is 0 Å². The van der Waals surface area contributed by atoms with Crippen LogP contribution in [0.4, 0.5) is 13.9 Å². The van der Waals surface area contributed by atoms with E-state index in [4.69, 9.17) is 0 Å². The van der Waals surface area contributed by atoms with Gasteiger partial charge in [0, 0.05) is 6.07 Å². The maximum absolute atomic E-state index is 13.6. The lowest BCUT2D eigenvalue weighted by Crippen LogP contribution is -2.33. The van der Waals surface area contributed by atoms with Crippen LogP contribution < -0.4 is 10.6 Å². The van der Waals surface area contributed by atoms with E-state index in [0.717, 1.165) is 33.5 Å². The number of carbonyl (C=O) groups excluding carboxylic acids is 2. The molecule has 2 aromatic carbocycles. The molecule has 26 heavy (non-hydrogen) atoms. The van der Waals surface area contributed by atoms with Gasteiger partial charge in [-0.15, -0.1) is 0 Å². The molecule has 0 aliphatic heterocycles. The summed E-state index contributed by atoms with van der Waals surface area (Å²) in [4.78, 5) is 28.3. The van der Waals surface area contributed by atoms with Gasteiger partial charge in [0.2, 0.25) is 5.91 Å². The number of nitrogens with one attached hydrogen (secondary N) is 2. The third-order valence-electron chi connectivity index (χ3n) is 3.66. The molecule has 2 amide bonds. The van der Waals surface area contributed by atoms with E-state index in [9.17, 15) is 18.4 Å². The van der Waals surface area contributed by atoms with Crippen LogP contribution in [0.2, 0.25) is 0 Å². The molecular formula is C18H15F2N3O2S. The molecule has 2 N–H and O–H groups in total. The number of thiazole rings is 1. The predicted octanol–water partition coefficient (Wildman–Crippen LogP) is 3.56. The first kappa shape index (κ1) is 17.9. The number of anilines is 1. The Labute approximate surface area is 152 Å². The Hall–Kier alpha value is -2.87. The van der Waals surface area contributed by atoms with Gasteiger partial charge in [-0.05, 0) is 43.2 Å². The van der Waals surface area contributed by atoms with E-state index in [-0.39, 0.29) is 12.1 Å². The van der Waals surface area contributed by atoms with Crippen molar-refractivity contribution in [3.05, 3.63) is 58.7 Å². The maximum Gasteiger partial charge on any atom is 0.254 e. The number of rotatable bonds is 4. The molecule has 0 aliphatic rings. The van der Waals surface area contributed by atoms with Crippen molar-refractivity contribution >= 4 is 38.5 Å². The molecule has 0 saturated heterocycles. The molecule has 0 fully saturated rings. The highest BCUT2D eigenvalue weighted by molar-refractivity contribution is 7.22. The molecule has 0 atom stereocenters. The second-order valence-corrected chi connectivity index (χ2v) is 6.83. The van der Waals surface area contributed by atoms with E-state index in [2.05, 4.69) is 15.6 Å². The lowest BCUT2D eigenvalue weighted by molar-refractivity contribution is -0.115. The summed E-state index contributed by atoms with van der Waals surface area (Å²) in [7, 11) is 0. The van der Waals surface area contributed by atoms with Crippen molar-refractivity contribution in [2.24, 2.45) is 0 Å². The van der Waals surface area contributed by atoms with E-state index in [1.54, 1.807) is 0 Å². The summed E-state index contributed by atoms with van der Waals surface area (Å²) >= 11 is 1.33. The van der Waals surface area contributed by atoms with Gasteiger partial charge >= 0.3 is 0 Å². The van der Waals surface area contributed by atoms with Gasteiger partial charge < -0.3 is 10.6 Å². The van der Waals surface area contributed by atoms with E-state index in [1.165, 1.54) is 11.3 Å². The molecule has 5 nitrogen and oxygen atoms in total. The average Bonchev–Trinajstić information content (AvgIpc) is 2.95. The van der Waals surface area contributed by atoms with Crippen molar-refractivity contribution in [2.75, 3.05) is 11.9 Å². The molecule has 3 rings (SSSR count). The highest BCUT2D eigenvalue weighted by Gasteiger charge is 2.15. The molecule has 0 aliphatic carbocycles. The van der Waals surface area contributed by atoms with Crippen molar-refractivity contribution in [3.8, 4) is 0 Å². The first-order valence-corrected chi connectivity index (χ1v) is 8.56. The summed E-state index contributed by atoms with van der Waals surface area (Å²) in [6.45, 7) is 3.57. The summed E-state index contributed by atoms with van der Waals surface area (Å²) in [6, 6.07) is 6.60. The fourth-order valence-electron chi connectivity index (χ4n) is 2.52. The van der Waals surface area contributed by atoms with Crippen LogP contribution in [-0.4, -0.2) is 23.3 Å². The number of hydrogen-bond donors (Lipinski definition) is 2. The molecule has 0 saturated carbocycles. The lowest BCUT2D eigenvalue weighted by Gasteiger charge is -2.06. The minimum atomic E-state index is -0.986. The van der Waals surface area contributed by atoms with Crippen molar-refractivity contribution in [1.82, 2.24) is 10.3 Å². The summed E-state index contributed by atoms with van der Waals surface area (Å²) in [5, 5.41) is 5.32. The van der Waals surface area contributed by atoms with Crippen LogP contribution >= 0.6 is 11.3 Å². The van der Waals surface area contributed by atoms with Crippen molar-refractivity contribution < 1.29 is 18.4 Å². The summed E-state index contributed by atoms with van der Waals surface area (Å²) in [6.07, 6.45) is 0. The van der Waals surface area contributed by atoms with E-state index >= 15 is 0 Å². The molecule has 8 heteroatoms. The fraction of sp³-hybridized carbons (Fsp3) is 0.167. The first-order valence-electron chi connectivity index (χ1n) is 7.74. The van der Waals surface area contributed by atoms with Gasteiger partial charge in [-0.1, -0.05) is 17.4 Å². The largest absolute Gasteiger partial charge is 0.343 e. The zero-order valence-corrected chi connectivity index (χ0v) is 14.8. The number of aryl methyl sites for hydroxylation is 2. The Morgan fingerprint density at radius 3 is 2.65 bits per heavy atom. The Bertz CT molecular complexity index is 1020. The number of halogens is 2. The molecule has 1 aromatic heterocycles.